The topological polar surface area (TPSA) is 70.9 Å². The van der Waals surface area contributed by atoms with Crippen molar-refractivity contribution in [2.75, 3.05) is 5.32 Å². The average Bonchev–Trinajstić information content (AvgIpc) is 3.17. The standard InChI is InChI=1S/C12H18N4O/c17-11-4-2-1-3-9(11)14-12-15-10(7-13-16-12)8-5-6-8/h7-9,11,17H,1-6H2,(H,14,15,16)/t9-,11-/m1/s1. The molecule has 5 nitrogen and oxygen atoms in total. The van der Waals surface area contributed by atoms with Crippen LogP contribution in [0.5, 0.6) is 0 Å². The van der Waals surface area contributed by atoms with Crippen molar-refractivity contribution in [1.29, 1.82) is 0 Å². The van der Waals surface area contributed by atoms with Crippen molar-refractivity contribution in [1.82, 2.24) is 15.2 Å². The zero-order valence-corrected chi connectivity index (χ0v) is 9.84. The predicted molar refractivity (Wildman–Crippen MR) is 63.7 cm³/mol. The molecule has 1 aromatic heterocycles. The van der Waals surface area contributed by atoms with E-state index < -0.39 is 0 Å². The maximum Gasteiger partial charge on any atom is 0.243 e. The van der Waals surface area contributed by atoms with Crippen molar-refractivity contribution in [3.63, 3.8) is 0 Å². The number of nitrogens with one attached hydrogen (secondary N) is 1. The first-order chi connectivity index (χ1) is 8.33. The highest BCUT2D eigenvalue weighted by molar-refractivity contribution is 5.27. The van der Waals surface area contributed by atoms with Gasteiger partial charge in [-0.05, 0) is 25.7 Å². The van der Waals surface area contributed by atoms with E-state index in [-0.39, 0.29) is 12.1 Å². The Balaban J connectivity index is 1.68. The molecule has 0 radical (unpaired) electrons. The van der Waals surface area contributed by atoms with Gasteiger partial charge in [0, 0.05) is 5.92 Å². The van der Waals surface area contributed by atoms with Crippen molar-refractivity contribution < 1.29 is 5.11 Å². The lowest BCUT2D eigenvalue weighted by molar-refractivity contribution is 0.116. The van der Waals surface area contributed by atoms with Crippen molar-refractivity contribution in [2.24, 2.45) is 0 Å². The maximum absolute atomic E-state index is 9.88. The van der Waals surface area contributed by atoms with Crippen molar-refractivity contribution in [3.05, 3.63) is 11.9 Å². The highest BCUT2D eigenvalue weighted by Gasteiger charge is 2.27. The Kier molecular flexibility index (Phi) is 2.93. The molecule has 2 aliphatic rings. The summed E-state index contributed by atoms with van der Waals surface area (Å²) in [5.41, 5.74) is 1.03. The third-order valence-corrected chi connectivity index (χ3v) is 3.62. The molecule has 92 valence electrons. The van der Waals surface area contributed by atoms with Gasteiger partial charge in [-0.1, -0.05) is 12.8 Å². The second-order valence-corrected chi connectivity index (χ2v) is 5.08. The summed E-state index contributed by atoms with van der Waals surface area (Å²) >= 11 is 0. The van der Waals surface area contributed by atoms with Crippen LogP contribution in [-0.4, -0.2) is 32.4 Å². The van der Waals surface area contributed by atoms with Crippen LogP contribution >= 0.6 is 0 Å². The Labute approximate surface area is 101 Å². The van der Waals surface area contributed by atoms with Crippen LogP contribution in [-0.2, 0) is 0 Å². The summed E-state index contributed by atoms with van der Waals surface area (Å²) in [6, 6.07) is 0.0833. The predicted octanol–water partition coefficient (Wildman–Crippen LogP) is 1.46. The fourth-order valence-electron chi connectivity index (χ4n) is 2.40. The molecule has 5 heteroatoms. The van der Waals surface area contributed by atoms with E-state index in [9.17, 15) is 5.11 Å². The number of rotatable bonds is 3. The number of hydrogen-bond acceptors (Lipinski definition) is 5. The van der Waals surface area contributed by atoms with Gasteiger partial charge in [0.2, 0.25) is 5.95 Å². The van der Waals surface area contributed by atoms with Crippen LogP contribution in [0.3, 0.4) is 0 Å². The molecule has 2 saturated carbocycles. The number of nitrogens with zero attached hydrogens (tertiary/aromatic N) is 3. The molecule has 0 bridgehead atoms. The van der Waals surface area contributed by atoms with Gasteiger partial charge in [-0.25, -0.2) is 4.98 Å². The summed E-state index contributed by atoms with van der Waals surface area (Å²) in [6.07, 6.45) is 8.02. The van der Waals surface area contributed by atoms with Crippen LogP contribution in [0.25, 0.3) is 0 Å². The molecular formula is C12H18N4O. The molecule has 2 atom stereocenters. The summed E-state index contributed by atoms with van der Waals surface area (Å²) in [5, 5.41) is 21.1. The summed E-state index contributed by atoms with van der Waals surface area (Å²) in [6.45, 7) is 0. The Bertz CT molecular complexity index is 394. The second kappa shape index (κ2) is 4.56. The van der Waals surface area contributed by atoms with E-state index in [0.717, 1.165) is 31.4 Å². The van der Waals surface area contributed by atoms with Gasteiger partial charge in [-0.15, -0.1) is 5.10 Å². The number of aliphatic hydroxyl groups is 1. The van der Waals surface area contributed by atoms with Gasteiger partial charge in [0.1, 0.15) is 0 Å². The highest BCUT2D eigenvalue weighted by Crippen LogP contribution is 2.38. The normalized spacial score (nSPS) is 29.0. The van der Waals surface area contributed by atoms with Crippen LogP contribution in [0.4, 0.5) is 5.95 Å². The molecule has 0 aliphatic heterocycles. The summed E-state index contributed by atoms with van der Waals surface area (Å²) in [4.78, 5) is 4.47. The zero-order chi connectivity index (χ0) is 11.7. The van der Waals surface area contributed by atoms with E-state index in [1.807, 2.05) is 0 Å². The van der Waals surface area contributed by atoms with Gasteiger partial charge < -0.3 is 10.4 Å². The van der Waals surface area contributed by atoms with Gasteiger partial charge in [0.05, 0.1) is 24.0 Å². The van der Waals surface area contributed by atoms with E-state index in [1.165, 1.54) is 12.8 Å². The summed E-state index contributed by atoms with van der Waals surface area (Å²) in [7, 11) is 0. The van der Waals surface area contributed by atoms with Crippen molar-refractivity contribution in [3.8, 4) is 0 Å². The lowest BCUT2D eigenvalue weighted by Crippen LogP contribution is -2.37. The Morgan fingerprint density at radius 3 is 2.76 bits per heavy atom. The van der Waals surface area contributed by atoms with E-state index in [0.29, 0.717) is 11.9 Å². The van der Waals surface area contributed by atoms with E-state index in [2.05, 4.69) is 20.5 Å². The number of anilines is 1. The molecule has 0 saturated heterocycles. The van der Waals surface area contributed by atoms with E-state index in [1.54, 1.807) is 6.20 Å². The molecule has 1 aromatic rings. The lowest BCUT2D eigenvalue weighted by atomic mass is 9.93. The average molecular weight is 234 g/mol. The molecule has 2 fully saturated rings. The smallest absolute Gasteiger partial charge is 0.243 e. The van der Waals surface area contributed by atoms with Crippen molar-refractivity contribution >= 4 is 5.95 Å². The number of aromatic nitrogens is 3. The SMILES string of the molecule is O[C@@H]1CCCC[C@H]1Nc1nncc(C2CC2)n1. The Morgan fingerprint density at radius 1 is 1.18 bits per heavy atom. The van der Waals surface area contributed by atoms with Gasteiger partial charge in [0.15, 0.2) is 0 Å². The Morgan fingerprint density at radius 2 is 2.00 bits per heavy atom. The molecular weight excluding hydrogens is 216 g/mol. The minimum Gasteiger partial charge on any atom is -0.391 e. The third-order valence-electron chi connectivity index (χ3n) is 3.62. The van der Waals surface area contributed by atoms with Crippen LogP contribution in [0.1, 0.15) is 50.1 Å². The maximum atomic E-state index is 9.88. The second-order valence-electron chi connectivity index (χ2n) is 5.08. The molecule has 0 aromatic carbocycles. The summed E-state index contributed by atoms with van der Waals surface area (Å²) in [5.74, 6) is 1.16. The Hall–Kier alpha value is -1.23. The van der Waals surface area contributed by atoms with Crippen LogP contribution < -0.4 is 5.32 Å². The fraction of sp³-hybridized carbons (Fsp3) is 0.750. The van der Waals surface area contributed by atoms with Gasteiger partial charge in [-0.3, -0.25) is 0 Å². The first-order valence-electron chi connectivity index (χ1n) is 6.47. The molecule has 1 heterocycles. The van der Waals surface area contributed by atoms with Crippen LogP contribution in [0.2, 0.25) is 0 Å². The minimum atomic E-state index is -0.281. The third kappa shape index (κ3) is 2.54. The molecule has 2 N–H and O–H groups in total. The summed E-state index contributed by atoms with van der Waals surface area (Å²) < 4.78 is 0. The number of aliphatic hydroxyl groups excluding tert-OH is 1. The van der Waals surface area contributed by atoms with E-state index >= 15 is 0 Å². The molecule has 0 spiro atoms. The minimum absolute atomic E-state index is 0.0833. The molecule has 0 unspecified atom stereocenters. The molecule has 17 heavy (non-hydrogen) atoms. The zero-order valence-electron chi connectivity index (χ0n) is 9.84. The fourth-order valence-corrected chi connectivity index (χ4v) is 2.40. The molecule has 0 amide bonds. The molecule has 2 aliphatic carbocycles. The van der Waals surface area contributed by atoms with Gasteiger partial charge in [0.25, 0.3) is 0 Å². The van der Waals surface area contributed by atoms with Gasteiger partial charge >= 0.3 is 0 Å². The number of hydrogen-bond donors (Lipinski definition) is 2. The first kappa shape index (κ1) is 10.9. The van der Waals surface area contributed by atoms with Crippen LogP contribution in [0, 0.1) is 0 Å². The van der Waals surface area contributed by atoms with E-state index in [4.69, 9.17) is 0 Å². The largest absolute Gasteiger partial charge is 0.391 e. The monoisotopic (exact) mass is 234 g/mol. The highest BCUT2D eigenvalue weighted by atomic mass is 16.3. The quantitative estimate of drug-likeness (QED) is 0.828. The van der Waals surface area contributed by atoms with Gasteiger partial charge in [-0.2, -0.15) is 5.10 Å². The van der Waals surface area contributed by atoms with Crippen LogP contribution in [0.15, 0.2) is 6.20 Å². The molecule has 3 rings (SSSR count). The van der Waals surface area contributed by atoms with Crippen molar-refractivity contribution in [2.45, 2.75) is 56.6 Å². The lowest BCUT2D eigenvalue weighted by Gasteiger charge is -2.28. The first-order valence-corrected chi connectivity index (χ1v) is 6.47.